The van der Waals surface area contributed by atoms with Crippen LogP contribution in [0.25, 0.3) is 0 Å². The standard InChI is InChI=1S/C13H17ClFN3/c14-12-8-9(15)6-7-11(12)13(18-16)17-10-4-2-1-3-5-10/h6-8,10H,1-5,16H2,(H,17,18). The third kappa shape index (κ3) is 3.21. The second kappa shape index (κ2) is 6.16. The molecular weight excluding hydrogens is 253 g/mol. The van der Waals surface area contributed by atoms with E-state index in [1.807, 2.05) is 0 Å². The molecule has 5 heteroatoms. The van der Waals surface area contributed by atoms with Crippen molar-refractivity contribution in [2.75, 3.05) is 0 Å². The molecule has 1 aromatic carbocycles. The van der Waals surface area contributed by atoms with E-state index >= 15 is 0 Å². The van der Waals surface area contributed by atoms with Gasteiger partial charge in [-0.3, -0.25) is 4.99 Å². The maximum absolute atomic E-state index is 13.0. The van der Waals surface area contributed by atoms with Crippen LogP contribution in [0.3, 0.4) is 0 Å². The molecule has 3 N–H and O–H groups in total. The predicted molar refractivity (Wildman–Crippen MR) is 72.1 cm³/mol. The molecule has 0 atom stereocenters. The Kier molecular flexibility index (Phi) is 4.55. The summed E-state index contributed by atoms with van der Waals surface area (Å²) in [4.78, 5) is 4.59. The van der Waals surface area contributed by atoms with Gasteiger partial charge in [0.05, 0.1) is 11.1 Å². The molecule has 18 heavy (non-hydrogen) atoms. The number of benzene rings is 1. The molecule has 98 valence electrons. The topological polar surface area (TPSA) is 50.4 Å². The molecule has 0 heterocycles. The highest BCUT2D eigenvalue weighted by Gasteiger charge is 2.15. The normalized spacial score (nSPS) is 17.8. The number of nitrogens with zero attached hydrogens (tertiary/aromatic N) is 1. The quantitative estimate of drug-likeness (QED) is 0.375. The smallest absolute Gasteiger partial charge is 0.144 e. The van der Waals surface area contributed by atoms with Crippen molar-refractivity contribution in [1.82, 2.24) is 5.43 Å². The van der Waals surface area contributed by atoms with Crippen molar-refractivity contribution < 1.29 is 4.39 Å². The summed E-state index contributed by atoms with van der Waals surface area (Å²) in [5, 5.41) is 0.322. The monoisotopic (exact) mass is 269 g/mol. The first-order valence-corrected chi connectivity index (χ1v) is 6.58. The van der Waals surface area contributed by atoms with Gasteiger partial charge in [-0.15, -0.1) is 0 Å². The Morgan fingerprint density at radius 2 is 2.06 bits per heavy atom. The Morgan fingerprint density at radius 3 is 2.67 bits per heavy atom. The van der Waals surface area contributed by atoms with E-state index < -0.39 is 0 Å². The van der Waals surface area contributed by atoms with Gasteiger partial charge in [-0.05, 0) is 31.0 Å². The van der Waals surface area contributed by atoms with Gasteiger partial charge in [-0.25, -0.2) is 10.2 Å². The van der Waals surface area contributed by atoms with Gasteiger partial charge in [0.2, 0.25) is 0 Å². The molecule has 0 aliphatic heterocycles. The molecule has 0 bridgehead atoms. The zero-order valence-electron chi connectivity index (χ0n) is 10.1. The molecule has 1 aromatic rings. The first-order chi connectivity index (χ1) is 8.70. The van der Waals surface area contributed by atoms with Gasteiger partial charge in [-0.1, -0.05) is 30.9 Å². The number of amidine groups is 1. The van der Waals surface area contributed by atoms with Crippen LogP contribution in [-0.2, 0) is 0 Å². The zero-order valence-corrected chi connectivity index (χ0v) is 10.9. The predicted octanol–water partition coefficient (Wildman–Crippen LogP) is 3.02. The number of aliphatic imine (C=N–C) groups is 1. The second-order valence-corrected chi connectivity index (χ2v) is 4.95. The van der Waals surface area contributed by atoms with Crippen molar-refractivity contribution in [2.45, 2.75) is 38.1 Å². The van der Waals surface area contributed by atoms with Gasteiger partial charge in [0.15, 0.2) is 0 Å². The molecule has 0 unspecified atom stereocenters. The summed E-state index contributed by atoms with van der Waals surface area (Å²) in [6.07, 6.45) is 5.81. The number of nitrogens with one attached hydrogen (secondary N) is 1. The van der Waals surface area contributed by atoms with Crippen LogP contribution >= 0.6 is 11.6 Å². The van der Waals surface area contributed by atoms with Crippen molar-refractivity contribution in [3.63, 3.8) is 0 Å². The van der Waals surface area contributed by atoms with E-state index in [1.165, 1.54) is 31.4 Å². The molecule has 2 rings (SSSR count). The third-order valence-corrected chi connectivity index (χ3v) is 3.52. The number of rotatable bonds is 2. The number of hydrogen-bond acceptors (Lipinski definition) is 2. The van der Waals surface area contributed by atoms with E-state index in [-0.39, 0.29) is 11.9 Å². The average Bonchev–Trinajstić information content (AvgIpc) is 2.38. The molecule has 0 aromatic heterocycles. The third-order valence-electron chi connectivity index (χ3n) is 3.21. The van der Waals surface area contributed by atoms with Gasteiger partial charge in [0.1, 0.15) is 11.7 Å². The van der Waals surface area contributed by atoms with Crippen LogP contribution in [0.2, 0.25) is 5.02 Å². The van der Waals surface area contributed by atoms with Crippen LogP contribution in [0.4, 0.5) is 4.39 Å². The highest BCUT2D eigenvalue weighted by molar-refractivity contribution is 6.34. The van der Waals surface area contributed by atoms with E-state index in [4.69, 9.17) is 17.4 Å². The van der Waals surface area contributed by atoms with Crippen molar-refractivity contribution in [1.29, 1.82) is 0 Å². The fourth-order valence-electron chi connectivity index (χ4n) is 2.26. The van der Waals surface area contributed by atoms with Crippen LogP contribution in [0, 0.1) is 5.82 Å². The van der Waals surface area contributed by atoms with Crippen molar-refractivity contribution >= 4 is 17.4 Å². The number of halogens is 2. The van der Waals surface area contributed by atoms with Crippen LogP contribution in [0.1, 0.15) is 37.7 Å². The highest BCUT2D eigenvalue weighted by atomic mass is 35.5. The Labute approximate surface area is 111 Å². The number of hydrazine groups is 1. The Morgan fingerprint density at radius 1 is 1.33 bits per heavy atom. The fourth-order valence-corrected chi connectivity index (χ4v) is 2.52. The van der Waals surface area contributed by atoms with Crippen molar-refractivity contribution in [3.05, 3.63) is 34.6 Å². The maximum Gasteiger partial charge on any atom is 0.144 e. The van der Waals surface area contributed by atoms with Gasteiger partial charge >= 0.3 is 0 Å². The minimum Gasteiger partial charge on any atom is -0.308 e. The largest absolute Gasteiger partial charge is 0.308 e. The molecule has 1 aliphatic rings. The van der Waals surface area contributed by atoms with Crippen molar-refractivity contribution in [2.24, 2.45) is 10.8 Å². The number of nitrogens with two attached hydrogens (primary N) is 1. The average molecular weight is 270 g/mol. The molecule has 0 saturated heterocycles. The van der Waals surface area contributed by atoms with Crippen LogP contribution in [0.5, 0.6) is 0 Å². The summed E-state index contributed by atoms with van der Waals surface area (Å²) < 4.78 is 13.0. The summed E-state index contributed by atoms with van der Waals surface area (Å²) in [5.41, 5.74) is 3.21. The van der Waals surface area contributed by atoms with Crippen LogP contribution in [-0.4, -0.2) is 11.9 Å². The summed E-state index contributed by atoms with van der Waals surface area (Å²) in [6, 6.07) is 4.50. The summed E-state index contributed by atoms with van der Waals surface area (Å²) >= 11 is 6.00. The van der Waals surface area contributed by atoms with Gasteiger partial charge < -0.3 is 5.43 Å². The molecule has 3 nitrogen and oxygen atoms in total. The van der Waals surface area contributed by atoms with Gasteiger partial charge in [0, 0.05) is 5.56 Å². The Balaban J connectivity index is 2.23. The summed E-state index contributed by atoms with van der Waals surface area (Å²) in [5.74, 6) is 5.67. The Bertz CT molecular complexity index is 442. The molecule has 0 spiro atoms. The SMILES string of the molecule is NNC(=NC1CCCCC1)c1ccc(F)cc1Cl. The molecule has 1 fully saturated rings. The molecular formula is C13H17ClFN3. The first-order valence-electron chi connectivity index (χ1n) is 6.20. The zero-order chi connectivity index (χ0) is 13.0. The lowest BCUT2D eigenvalue weighted by atomic mass is 9.96. The molecule has 0 amide bonds. The van der Waals surface area contributed by atoms with Crippen LogP contribution in [0.15, 0.2) is 23.2 Å². The van der Waals surface area contributed by atoms with Gasteiger partial charge in [-0.2, -0.15) is 0 Å². The Hall–Kier alpha value is -1.13. The van der Waals surface area contributed by atoms with E-state index in [0.29, 0.717) is 16.4 Å². The maximum atomic E-state index is 13.0. The lowest BCUT2D eigenvalue weighted by Gasteiger charge is -2.19. The van der Waals surface area contributed by atoms with E-state index in [9.17, 15) is 4.39 Å². The summed E-state index contributed by atoms with van der Waals surface area (Å²) in [7, 11) is 0. The minimum absolute atomic E-state index is 0.283. The summed E-state index contributed by atoms with van der Waals surface area (Å²) in [6.45, 7) is 0. The first kappa shape index (κ1) is 13.3. The van der Waals surface area contributed by atoms with E-state index in [2.05, 4.69) is 10.4 Å². The van der Waals surface area contributed by atoms with Gasteiger partial charge in [0.25, 0.3) is 0 Å². The van der Waals surface area contributed by atoms with Crippen molar-refractivity contribution in [3.8, 4) is 0 Å². The highest BCUT2D eigenvalue weighted by Crippen LogP contribution is 2.22. The second-order valence-electron chi connectivity index (χ2n) is 4.54. The van der Waals surface area contributed by atoms with Crippen LogP contribution < -0.4 is 11.3 Å². The molecule has 1 saturated carbocycles. The molecule has 1 aliphatic carbocycles. The lowest BCUT2D eigenvalue weighted by Crippen LogP contribution is -2.33. The van der Waals surface area contributed by atoms with E-state index in [0.717, 1.165) is 12.8 Å². The number of hydrogen-bond donors (Lipinski definition) is 2. The minimum atomic E-state index is -0.363. The fraction of sp³-hybridized carbons (Fsp3) is 0.462. The molecule has 0 radical (unpaired) electrons. The lowest BCUT2D eigenvalue weighted by molar-refractivity contribution is 0.442. The van der Waals surface area contributed by atoms with E-state index in [1.54, 1.807) is 6.07 Å².